The fourth-order valence-electron chi connectivity index (χ4n) is 1.91. The van der Waals surface area contributed by atoms with Crippen LogP contribution in [0.5, 0.6) is 5.75 Å². The second kappa shape index (κ2) is 7.16. The predicted molar refractivity (Wildman–Crippen MR) is 93.8 cm³/mol. The molecule has 2 aromatic carbocycles. The van der Waals surface area contributed by atoms with Crippen LogP contribution >= 0.6 is 27.5 Å². The summed E-state index contributed by atoms with van der Waals surface area (Å²) in [5, 5.41) is 3.34. The van der Waals surface area contributed by atoms with Crippen molar-refractivity contribution in [3.05, 3.63) is 57.0 Å². The highest BCUT2D eigenvalue weighted by molar-refractivity contribution is 9.10. The van der Waals surface area contributed by atoms with E-state index in [1.807, 2.05) is 32.0 Å². The van der Waals surface area contributed by atoms with Gasteiger partial charge in [-0.15, -0.1) is 0 Å². The first kappa shape index (κ1) is 16.8. The summed E-state index contributed by atoms with van der Waals surface area (Å²) in [4.78, 5) is 12.2. The molecule has 2 rings (SSSR count). The maximum absolute atomic E-state index is 12.2. The molecule has 0 fully saturated rings. The number of halogens is 2. The van der Waals surface area contributed by atoms with Crippen LogP contribution in [0.2, 0.25) is 5.02 Å². The van der Waals surface area contributed by atoms with Gasteiger partial charge in [0.05, 0.1) is 5.02 Å². The summed E-state index contributed by atoms with van der Waals surface area (Å²) in [6.45, 7) is 5.71. The lowest BCUT2D eigenvalue weighted by molar-refractivity contribution is -0.122. The van der Waals surface area contributed by atoms with Crippen LogP contribution in [0.1, 0.15) is 18.1 Å². The normalized spacial score (nSPS) is 11.9. The number of benzene rings is 2. The average molecular weight is 383 g/mol. The molecule has 1 N–H and O–H groups in total. The van der Waals surface area contributed by atoms with E-state index in [0.717, 1.165) is 21.3 Å². The SMILES string of the molecule is Cc1cccc(O[C@H](C)C(=O)Nc2ccc(Br)c(Cl)c2)c1C. The Balaban J connectivity index is 2.06. The summed E-state index contributed by atoms with van der Waals surface area (Å²) >= 11 is 9.33. The first-order valence-corrected chi connectivity index (χ1v) is 8.04. The molecule has 0 aromatic heterocycles. The maximum Gasteiger partial charge on any atom is 0.265 e. The topological polar surface area (TPSA) is 38.3 Å². The van der Waals surface area contributed by atoms with E-state index in [1.54, 1.807) is 25.1 Å². The van der Waals surface area contributed by atoms with E-state index < -0.39 is 6.10 Å². The van der Waals surface area contributed by atoms with Crippen molar-refractivity contribution in [3.63, 3.8) is 0 Å². The van der Waals surface area contributed by atoms with E-state index in [9.17, 15) is 4.79 Å². The summed E-state index contributed by atoms with van der Waals surface area (Å²) < 4.78 is 6.54. The number of carbonyl (C=O) groups is 1. The van der Waals surface area contributed by atoms with Crippen molar-refractivity contribution < 1.29 is 9.53 Å². The number of rotatable bonds is 4. The van der Waals surface area contributed by atoms with Gasteiger partial charge in [-0.2, -0.15) is 0 Å². The third kappa shape index (κ3) is 4.02. The smallest absolute Gasteiger partial charge is 0.265 e. The summed E-state index contributed by atoms with van der Waals surface area (Å²) in [5.74, 6) is 0.496. The van der Waals surface area contributed by atoms with E-state index >= 15 is 0 Å². The summed E-state index contributed by atoms with van der Waals surface area (Å²) in [6.07, 6.45) is -0.608. The summed E-state index contributed by atoms with van der Waals surface area (Å²) in [6, 6.07) is 11.0. The Bertz CT molecular complexity index is 703. The van der Waals surface area contributed by atoms with Crippen molar-refractivity contribution >= 4 is 39.1 Å². The highest BCUT2D eigenvalue weighted by Crippen LogP contribution is 2.26. The van der Waals surface area contributed by atoms with Crippen molar-refractivity contribution in [1.29, 1.82) is 0 Å². The van der Waals surface area contributed by atoms with Crippen LogP contribution in [0, 0.1) is 13.8 Å². The zero-order valence-electron chi connectivity index (χ0n) is 12.6. The van der Waals surface area contributed by atoms with Gasteiger partial charge in [-0.25, -0.2) is 0 Å². The molecule has 0 spiro atoms. The fourth-order valence-corrected chi connectivity index (χ4v) is 2.34. The highest BCUT2D eigenvalue weighted by atomic mass is 79.9. The Morgan fingerprint density at radius 3 is 2.68 bits per heavy atom. The van der Waals surface area contributed by atoms with Gasteiger partial charge in [0.2, 0.25) is 0 Å². The molecule has 3 nitrogen and oxygen atoms in total. The third-order valence-corrected chi connectivity index (χ3v) is 4.65. The van der Waals surface area contributed by atoms with E-state index in [1.165, 1.54) is 0 Å². The number of aryl methyl sites for hydroxylation is 1. The third-order valence-electron chi connectivity index (χ3n) is 3.42. The zero-order valence-corrected chi connectivity index (χ0v) is 15.0. The van der Waals surface area contributed by atoms with Gasteiger partial charge >= 0.3 is 0 Å². The second-order valence-corrected chi connectivity index (χ2v) is 6.34. The van der Waals surface area contributed by atoms with Crippen LogP contribution in [-0.2, 0) is 4.79 Å². The van der Waals surface area contributed by atoms with Gasteiger partial charge < -0.3 is 10.1 Å². The van der Waals surface area contributed by atoms with Crippen molar-refractivity contribution in [2.45, 2.75) is 26.9 Å². The lowest BCUT2D eigenvalue weighted by Gasteiger charge is -2.17. The van der Waals surface area contributed by atoms with Crippen molar-refractivity contribution in [2.75, 3.05) is 5.32 Å². The van der Waals surface area contributed by atoms with Crippen LogP contribution in [0.15, 0.2) is 40.9 Å². The fraction of sp³-hybridized carbons (Fsp3) is 0.235. The molecule has 0 bridgehead atoms. The van der Waals surface area contributed by atoms with Gasteiger partial charge in [-0.3, -0.25) is 4.79 Å². The molecule has 5 heteroatoms. The van der Waals surface area contributed by atoms with E-state index in [2.05, 4.69) is 21.2 Å². The lowest BCUT2D eigenvalue weighted by atomic mass is 10.1. The average Bonchev–Trinajstić information content (AvgIpc) is 2.47. The molecule has 0 aliphatic heterocycles. The number of carbonyl (C=O) groups excluding carboxylic acids is 1. The highest BCUT2D eigenvalue weighted by Gasteiger charge is 2.16. The minimum atomic E-state index is -0.608. The number of nitrogens with one attached hydrogen (secondary N) is 1. The first-order valence-electron chi connectivity index (χ1n) is 6.87. The van der Waals surface area contributed by atoms with Gasteiger partial charge in [0.25, 0.3) is 5.91 Å². The van der Waals surface area contributed by atoms with Gasteiger partial charge in [-0.1, -0.05) is 23.7 Å². The zero-order chi connectivity index (χ0) is 16.3. The minimum absolute atomic E-state index is 0.223. The van der Waals surface area contributed by atoms with Crippen molar-refractivity contribution in [3.8, 4) is 5.75 Å². The van der Waals surface area contributed by atoms with Gasteiger partial charge in [0.15, 0.2) is 6.10 Å². The Morgan fingerprint density at radius 1 is 1.27 bits per heavy atom. The van der Waals surface area contributed by atoms with Gasteiger partial charge in [0.1, 0.15) is 5.75 Å². The number of ether oxygens (including phenoxy) is 1. The Morgan fingerprint density at radius 2 is 2.00 bits per heavy atom. The summed E-state index contributed by atoms with van der Waals surface area (Å²) in [5.41, 5.74) is 2.80. The minimum Gasteiger partial charge on any atom is -0.481 e. The maximum atomic E-state index is 12.2. The molecule has 0 saturated heterocycles. The molecule has 22 heavy (non-hydrogen) atoms. The molecule has 0 radical (unpaired) electrons. The lowest BCUT2D eigenvalue weighted by Crippen LogP contribution is -2.30. The quantitative estimate of drug-likeness (QED) is 0.796. The van der Waals surface area contributed by atoms with E-state index in [-0.39, 0.29) is 5.91 Å². The molecule has 0 unspecified atom stereocenters. The number of hydrogen-bond donors (Lipinski definition) is 1. The Hall–Kier alpha value is -1.52. The molecular formula is C17H17BrClNO2. The number of anilines is 1. The number of amides is 1. The van der Waals surface area contributed by atoms with E-state index in [4.69, 9.17) is 16.3 Å². The van der Waals surface area contributed by atoms with Crippen molar-refractivity contribution in [2.24, 2.45) is 0 Å². The Labute approximate surface area is 143 Å². The van der Waals surface area contributed by atoms with Crippen LogP contribution in [0.25, 0.3) is 0 Å². The molecule has 0 heterocycles. The van der Waals surface area contributed by atoms with Crippen molar-refractivity contribution in [1.82, 2.24) is 0 Å². The molecule has 0 aliphatic carbocycles. The molecule has 1 atom stereocenters. The molecule has 0 saturated carbocycles. The van der Waals surface area contributed by atoms with Crippen LogP contribution in [0.3, 0.4) is 0 Å². The largest absolute Gasteiger partial charge is 0.481 e. The summed E-state index contributed by atoms with van der Waals surface area (Å²) in [7, 11) is 0. The predicted octanol–water partition coefficient (Wildman–Crippen LogP) is 5.13. The van der Waals surface area contributed by atoms with Crippen LogP contribution in [0.4, 0.5) is 5.69 Å². The monoisotopic (exact) mass is 381 g/mol. The van der Waals surface area contributed by atoms with E-state index in [0.29, 0.717) is 10.7 Å². The van der Waals surface area contributed by atoms with Crippen LogP contribution < -0.4 is 10.1 Å². The number of hydrogen-bond acceptors (Lipinski definition) is 2. The molecule has 116 valence electrons. The Kier molecular flexibility index (Phi) is 5.48. The molecule has 1 amide bonds. The van der Waals surface area contributed by atoms with Gasteiger partial charge in [0, 0.05) is 10.2 Å². The van der Waals surface area contributed by atoms with Gasteiger partial charge in [-0.05, 0) is 72.1 Å². The second-order valence-electron chi connectivity index (χ2n) is 5.08. The first-order chi connectivity index (χ1) is 10.4. The standard InChI is InChI=1S/C17H17BrClNO2/c1-10-5-4-6-16(11(10)2)22-12(3)17(21)20-13-7-8-14(18)15(19)9-13/h4-9,12H,1-3H3,(H,20,21)/t12-/m1/s1. The van der Waals surface area contributed by atoms with Crippen LogP contribution in [-0.4, -0.2) is 12.0 Å². The molecule has 2 aromatic rings. The molecule has 0 aliphatic rings. The molecular weight excluding hydrogens is 366 g/mol.